The number of hydrogen-bond donors (Lipinski definition) is 0. The summed E-state index contributed by atoms with van der Waals surface area (Å²) in [6.45, 7) is 14.8. The lowest BCUT2D eigenvalue weighted by atomic mass is 9.98. The van der Waals surface area contributed by atoms with E-state index in [9.17, 15) is 0 Å². The topological polar surface area (TPSA) is 0 Å². The molecule has 0 heteroatoms. The molecule has 0 radical (unpaired) electrons. The quantitative estimate of drug-likeness (QED) is 0.497. The summed E-state index contributed by atoms with van der Waals surface area (Å²) in [6.07, 6.45) is 5.84. The van der Waals surface area contributed by atoms with Crippen LogP contribution >= 0.6 is 0 Å². The number of allylic oxidation sites excluding steroid dienone is 2. The highest BCUT2D eigenvalue weighted by molar-refractivity contribution is 5.01. The molecule has 0 heterocycles. The lowest BCUT2D eigenvalue weighted by molar-refractivity contribution is 0.577. The van der Waals surface area contributed by atoms with E-state index in [1.807, 2.05) is 0 Å². The van der Waals surface area contributed by atoms with Crippen molar-refractivity contribution in [2.45, 2.75) is 52.9 Å². The Kier molecular flexibility index (Phi) is 6.66. The zero-order chi connectivity index (χ0) is 10.3. The highest BCUT2D eigenvalue weighted by Crippen LogP contribution is 2.17. The molecule has 0 atom stereocenters. The molecule has 0 aromatic rings. The van der Waals surface area contributed by atoms with Crippen molar-refractivity contribution in [2.75, 3.05) is 0 Å². The van der Waals surface area contributed by atoms with Crippen molar-refractivity contribution in [3.63, 3.8) is 0 Å². The van der Waals surface area contributed by atoms with E-state index in [2.05, 4.69) is 33.9 Å². The standard InChI is InChI=1S/C13H24/c1-6-12(4)9-10-13(5)8-7-11(2)3/h11H,4-10H2,1-3H3. The van der Waals surface area contributed by atoms with Gasteiger partial charge in [0.1, 0.15) is 0 Å². The molecule has 0 aromatic heterocycles. The number of rotatable bonds is 7. The third-order valence-electron chi connectivity index (χ3n) is 2.41. The maximum atomic E-state index is 4.09. The Hall–Kier alpha value is -0.520. The van der Waals surface area contributed by atoms with Gasteiger partial charge >= 0.3 is 0 Å². The van der Waals surface area contributed by atoms with Crippen molar-refractivity contribution in [1.82, 2.24) is 0 Å². The summed E-state index contributed by atoms with van der Waals surface area (Å²) in [6, 6.07) is 0. The van der Waals surface area contributed by atoms with Crippen LogP contribution in [0.2, 0.25) is 0 Å². The fourth-order valence-electron chi connectivity index (χ4n) is 1.15. The molecular formula is C13H24. The first kappa shape index (κ1) is 12.5. The molecule has 0 amide bonds. The minimum absolute atomic E-state index is 0.797. The van der Waals surface area contributed by atoms with Gasteiger partial charge in [-0.05, 0) is 38.0 Å². The van der Waals surface area contributed by atoms with Gasteiger partial charge in [0.2, 0.25) is 0 Å². The van der Waals surface area contributed by atoms with Gasteiger partial charge in [-0.15, -0.1) is 0 Å². The van der Waals surface area contributed by atoms with Gasteiger partial charge in [-0.2, -0.15) is 0 Å². The van der Waals surface area contributed by atoms with Gasteiger partial charge in [-0.1, -0.05) is 45.1 Å². The molecule has 0 saturated carbocycles. The van der Waals surface area contributed by atoms with E-state index >= 15 is 0 Å². The molecule has 0 aliphatic rings. The molecule has 0 rings (SSSR count). The van der Waals surface area contributed by atoms with Crippen LogP contribution in [0, 0.1) is 5.92 Å². The molecule has 0 fully saturated rings. The molecule has 76 valence electrons. The minimum Gasteiger partial charge on any atom is -0.0999 e. The lowest BCUT2D eigenvalue weighted by Crippen LogP contribution is -1.90. The zero-order valence-corrected chi connectivity index (χ0v) is 9.53. The van der Waals surface area contributed by atoms with E-state index in [0.29, 0.717) is 0 Å². The Morgan fingerprint density at radius 3 is 2.00 bits per heavy atom. The second-order valence-electron chi connectivity index (χ2n) is 4.29. The van der Waals surface area contributed by atoms with Crippen LogP contribution in [-0.2, 0) is 0 Å². The molecule has 0 nitrogen and oxygen atoms in total. The van der Waals surface area contributed by atoms with Crippen molar-refractivity contribution in [1.29, 1.82) is 0 Å². The van der Waals surface area contributed by atoms with E-state index in [1.54, 1.807) is 0 Å². The van der Waals surface area contributed by atoms with Gasteiger partial charge in [-0.3, -0.25) is 0 Å². The van der Waals surface area contributed by atoms with E-state index in [1.165, 1.54) is 24.0 Å². The van der Waals surface area contributed by atoms with Crippen LogP contribution in [0.4, 0.5) is 0 Å². The van der Waals surface area contributed by atoms with Crippen LogP contribution < -0.4 is 0 Å². The highest BCUT2D eigenvalue weighted by atomic mass is 14.0. The molecule has 0 aliphatic heterocycles. The summed E-state index contributed by atoms with van der Waals surface area (Å²) in [5.41, 5.74) is 2.74. The second-order valence-corrected chi connectivity index (χ2v) is 4.29. The smallest absolute Gasteiger partial charge is 0.0286 e. The average molecular weight is 180 g/mol. The Labute approximate surface area is 83.7 Å². The predicted octanol–water partition coefficient (Wildman–Crippen LogP) is 4.73. The third kappa shape index (κ3) is 7.83. The van der Waals surface area contributed by atoms with Crippen molar-refractivity contribution in [3.8, 4) is 0 Å². The first-order valence-corrected chi connectivity index (χ1v) is 5.39. The van der Waals surface area contributed by atoms with Gasteiger partial charge in [0, 0.05) is 0 Å². The summed E-state index contributed by atoms with van der Waals surface area (Å²) in [5.74, 6) is 0.797. The lowest BCUT2D eigenvalue weighted by Gasteiger charge is -2.08. The Morgan fingerprint density at radius 2 is 1.54 bits per heavy atom. The maximum Gasteiger partial charge on any atom is -0.0286 e. The summed E-state index contributed by atoms with van der Waals surface area (Å²) in [5, 5.41) is 0. The van der Waals surface area contributed by atoms with Gasteiger partial charge in [-0.25, -0.2) is 0 Å². The Morgan fingerprint density at radius 1 is 1.00 bits per heavy atom. The van der Waals surface area contributed by atoms with Crippen molar-refractivity contribution in [3.05, 3.63) is 24.3 Å². The van der Waals surface area contributed by atoms with Gasteiger partial charge in [0.25, 0.3) is 0 Å². The highest BCUT2D eigenvalue weighted by Gasteiger charge is 1.99. The molecule has 0 unspecified atom stereocenters. The van der Waals surface area contributed by atoms with E-state index in [4.69, 9.17) is 0 Å². The summed E-state index contributed by atoms with van der Waals surface area (Å²) < 4.78 is 0. The van der Waals surface area contributed by atoms with Gasteiger partial charge in [0.05, 0.1) is 0 Å². The first-order valence-electron chi connectivity index (χ1n) is 5.39. The third-order valence-corrected chi connectivity index (χ3v) is 2.41. The molecular weight excluding hydrogens is 156 g/mol. The largest absolute Gasteiger partial charge is 0.0999 e. The molecule has 0 aliphatic carbocycles. The zero-order valence-electron chi connectivity index (χ0n) is 9.53. The molecule has 13 heavy (non-hydrogen) atoms. The minimum atomic E-state index is 0.797. The van der Waals surface area contributed by atoms with E-state index < -0.39 is 0 Å². The van der Waals surface area contributed by atoms with Gasteiger partial charge in [0.15, 0.2) is 0 Å². The summed E-state index contributed by atoms with van der Waals surface area (Å²) in [4.78, 5) is 0. The average Bonchev–Trinajstić information content (AvgIpc) is 2.10. The molecule has 0 N–H and O–H groups in total. The predicted molar refractivity (Wildman–Crippen MR) is 61.9 cm³/mol. The summed E-state index contributed by atoms with van der Waals surface area (Å²) >= 11 is 0. The van der Waals surface area contributed by atoms with Gasteiger partial charge < -0.3 is 0 Å². The second kappa shape index (κ2) is 6.94. The van der Waals surface area contributed by atoms with Crippen LogP contribution in [0.1, 0.15) is 52.9 Å². The van der Waals surface area contributed by atoms with E-state index in [-0.39, 0.29) is 0 Å². The van der Waals surface area contributed by atoms with Crippen molar-refractivity contribution < 1.29 is 0 Å². The van der Waals surface area contributed by atoms with Crippen LogP contribution in [0.3, 0.4) is 0 Å². The SMILES string of the molecule is C=C(CC)CCC(=C)CCC(C)C. The normalized spacial score (nSPS) is 10.5. The Bertz CT molecular complexity index is 163. The fourth-order valence-corrected chi connectivity index (χ4v) is 1.15. The molecule has 0 bridgehead atoms. The first-order chi connectivity index (χ1) is 6.06. The maximum absolute atomic E-state index is 4.09. The fraction of sp³-hybridized carbons (Fsp3) is 0.692. The molecule has 0 spiro atoms. The Balaban J connectivity index is 3.46. The van der Waals surface area contributed by atoms with E-state index in [0.717, 1.165) is 25.2 Å². The van der Waals surface area contributed by atoms with Crippen LogP contribution in [0.15, 0.2) is 24.3 Å². The summed E-state index contributed by atoms with van der Waals surface area (Å²) in [7, 11) is 0. The van der Waals surface area contributed by atoms with Crippen LogP contribution in [0.5, 0.6) is 0 Å². The molecule has 0 saturated heterocycles. The van der Waals surface area contributed by atoms with Crippen molar-refractivity contribution >= 4 is 0 Å². The van der Waals surface area contributed by atoms with Crippen LogP contribution in [0.25, 0.3) is 0 Å². The molecule has 0 aromatic carbocycles. The van der Waals surface area contributed by atoms with Crippen molar-refractivity contribution in [2.24, 2.45) is 5.92 Å². The monoisotopic (exact) mass is 180 g/mol. The number of hydrogen-bond acceptors (Lipinski definition) is 0. The van der Waals surface area contributed by atoms with Crippen LogP contribution in [-0.4, -0.2) is 0 Å².